The molecule has 162 valence electrons. The third-order valence-corrected chi connectivity index (χ3v) is 6.86. The second-order valence-electron chi connectivity index (χ2n) is 8.36. The van der Waals surface area contributed by atoms with Crippen molar-refractivity contribution in [3.63, 3.8) is 0 Å². The first-order chi connectivity index (χ1) is 14.9. The highest BCUT2D eigenvalue weighted by Gasteiger charge is 2.61. The Morgan fingerprint density at radius 3 is 2.84 bits per heavy atom. The predicted molar refractivity (Wildman–Crippen MR) is 118 cm³/mol. The van der Waals surface area contributed by atoms with Crippen LogP contribution in [0, 0.1) is 5.92 Å². The first kappa shape index (κ1) is 20.3. The largest absolute Gasteiger partial charge is 0.490 e. The van der Waals surface area contributed by atoms with Gasteiger partial charge in [-0.25, -0.2) is 4.99 Å². The molecule has 1 aromatic heterocycles. The molecule has 0 bridgehead atoms. The summed E-state index contributed by atoms with van der Waals surface area (Å²) in [5.41, 5.74) is 7.54. The second kappa shape index (κ2) is 7.50. The molecule has 1 aliphatic carbocycles. The smallest absolute Gasteiger partial charge is 0.262 e. The number of guanidine groups is 1. The summed E-state index contributed by atoms with van der Waals surface area (Å²) in [6, 6.07) is 7.69. The minimum absolute atomic E-state index is 0.0729. The molecule has 5 rings (SSSR count). The molecule has 8 heteroatoms. The van der Waals surface area contributed by atoms with Crippen molar-refractivity contribution in [2.24, 2.45) is 16.6 Å². The number of aromatic nitrogens is 1. The van der Waals surface area contributed by atoms with Gasteiger partial charge in [0.1, 0.15) is 11.9 Å². The molecule has 1 fully saturated rings. The van der Waals surface area contributed by atoms with Crippen LogP contribution >= 0.6 is 11.6 Å². The summed E-state index contributed by atoms with van der Waals surface area (Å²) in [6.07, 6.45) is 5.70. The van der Waals surface area contributed by atoms with Gasteiger partial charge in [0.05, 0.1) is 11.1 Å². The molecular weight excluding hydrogens is 416 g/mol. The fourth-order valence-corrected chi connectivity index (χ4v) is 5.37. The highest BCUT2D eigenvalue weighted by atomic mass is 35.5. The third-order valence-electron chi connectivity index (χ3n) is 6.65. The normalized spacial score (nSPS) is 29.4. The van der Waals surface area contributed by atoms with Gasteiger partial charge in [0, 0.05) is 43.1 Å². The lowest BCUT2D eigenvalue weighted by Crippen LogP contribution is -2.55. The Bertz CT molecular complexity index is 1070. The average Bonchev–Trinajstić information content (AvgIpc) is 2.99. The molecular formula is C23H25ClN4O3. The van der Waals surface area contributed by atoms with Gasteiger partial charge < -0.3 is 15.2 Å². The summed E-state index contributed by atoms with van der Waals surface area (Å²) in [4.78, 5) is 24.1. The van der Waals surface area contributed by atoms with E-state index in [0.29, 0.717) is 23.8 Å². The Kier molecular flexibility index (Phi) is 4.90. The fraction of sp³-hybridized carbons (Fsp3) is 0.435. The molecule has 2 N–H and O–H groups in total. The topological polar surface area (TPSA) is 90.0 Å². The maximum Gasteiger partial charge on any atom is 0.262 e. The molecule has 2 aliphatic heterocycles. The Balaban J connectivity index is 1.67. The number of carbonyl (C=O) groups is 1. The maximum atomic E-state index is 13.7. The number of carbonyl (C=O) groups excluding carboxylic acids is 1. The number of nitrogens with zero attached hydrogens (tertiary/aromatic N) is 3. The van der Waals surface area contributed by atoms with Crippen molar-refractivity contribution < 1.29 is 14.3 Å². The van der Waals surface area contributed by atoms with Crippen LogP contribution in [0.5, 0.6) is 5.75 Å². The van der Waals surface area contributed by atoms with Crippen molar-refractivity contribution in [2.45, 2.75) is 43.9 Å². The number of benzene rings is 1. The summed E-state index contributed by atoms with van der Waals surface area (Å²) in [5.74, 6) is 0.622. The van der Waals surface area contributed by atoms with Crippen LogP contribution in [0.15, 0.2) is 41.7 Å². The van der Waals surface area contributed by atoms with Crippen LogP contribution in [-0.4, -0.2) is 47.6 Å². The van der Waals surface area contributed by atoms with Crippen LogP contribution in [-0.2, 0) is 15.1 Å². The van der Waals surface area contributed by atoms with E-state index in [-0.39, 0.29) is 30.0 Å². The standard InChI is InChI=1S/C23H25ClN4O3/c1-3-30-16-5-7-20-18(10-16)23(21(29)28(2)22(25)27-23)17-9-13(4-6-19(17)31-20)14-8-15(24)12-26-11-14/h4,6,8-9,11-12,16,18,20H,3,5,7,10H2,1-2H3,(H2,25,27)/t16-,18+,20+,23+/m1/s1. The number of ether oxygens (including phenoxy) is 2. The minimum atomic E-state index is -1.12. The molecule has 3 aliphatic rings. The van der Waals surface area contributed by atoms with Gasteiger partial charge in [0.25, 0.3) is 5.91 Å². The van der Waals surface area contributed by atoms with Gasteiger partial charge in [-0.15, -0.1) is 0 Å². The van der Waals surface area contributed by atoms with Crippen LogP contribution in [0.1, 0.15) is 31.7 Å². The number of likely N-dealkylation sites (N-methyl/N-ethyl adjacent to an activating group) is 1. The molecule has 1 amide bonds. The molecule has 4 atom stereocenters. The van der Waals surface area contributed by atoms with Gasteiger partial charge >= 0.3 is 0 Å². The molecule has 7 nitrogen and oxygen atoms in total. The van der Waals surface area contributed by atoms with Crippen molar-refractivity contribution in [3.8, 4) is 16.9 Å². The number of rotatable bonds is 3. The number of fused-ring (bicyclic) bond motifs is 4. The van der Waals surface area contributed by atoms with Crippen LogP contribution in [0.4, 0.5) is 0 Å². The Morgan fingerprint density at radius 1 is 1.29 bits per heavy atom. The summed E-state index contributed by atoms with van der Waals surface area (Å²) >= 11 is 6.16. The van der Waals surface area contributed by atoms with E-state index in [2.05, 4.69) is 4.98 Å². The van der Waals surface area contributed by atoms with Gasteiger partial charge in [-0.3, -0.25) is 14.7 Å². The van der Waals surface area contributed by atoms with Crippen LogP contribution in [0.2, 0.25) is 5.02 Å². The Morgan fingerprint density at radius 2 is 2.13 bits per heavy atom. The highest BCUT2D eigenvalue weighted by Crippen LogP contribution is 2.54. The van der Waals surface area contributed by atoms with E-state index in [1.165, 1.54) is 4.90 Å². The quantitative estimate of drug-likeness (QED) is 0.790. The lowest BCUT2D eigenvalue weighted by Gasteiger charge is -2.47. The molecule has 2 aromatic rings. The van der Waals surface area contributed by atoms with Gasteiger partial charge in [0.2, 0.25) is 0 Å². The lowest BCUT2D eigenvalue weighted by atomic mass is 9.66. The number of nitrogens with two attached hydrogens (primary N) is 1. The molecule has 3 heterocycles. The van der Waals surface area contributed by atoms with Crippen LogP contribution in [0.3, 0.4) is 0 Å². The van der Waals surface area contributed by atoms with Gasteiger partial charge in [-0.05, 0) is 49.9 Å². The van der Waals surface area contributed by atoms with E-state index in [1.807, 2.05) is 31.2 Å². The second-order valence-corrected chi connectivity index (χ2v) is 8.79. The zero-order valence-electron chi connectivity index (χ0n) is 17.5. The number of aliphatic imine (C=N–C) groups is 1. The van der Waals surface area contributed by atoms with E-state index >= 15 is 0 Å². The molecule has 0 saturated heterocycles. The Hall–Kier alpha value is -2.64. The zero-order chi connectivity index (χ0) is 21.8. The SMILES string of the molecule is CCO[C@@H]1CC[C@@H]2Oc3ccc(-c4cncc(Cl)c4)cc3[C@]3(N=C(N)N(C)C3=O)[C@H]2C1. The molecule has 0 unspecified atom stereocenters. The van der Waals surface area contributed by atoms with Gasteiger partial charge in [0.15, 0.2) is 11.5 Å². The number of pyridine rings is 1. The van der Waals surface area contributed by atoms with E-state index in [9.17, 15) is 4.79 Å². The van der Waals surface area contributed by atoms with Crippen molar-refractivity contribution in [3.05, 3.63) is 47.2 Å². The number of amides is 1. The molecule has 31 heavy (non-hydrogen) atoms. The molecule has 0 radical (unpaired) electrons. The van der Waals surface area contributed by atoms with Gasteiger partial charge in [-0.2, -0.15) is 0 Å². The summed E-state index contributed by atoms with van der Waals surface area (Å²) in [6.45, 7) is 2.63. The first-order valence-corrected chi connectivity index (χ1v) is 11.0. The van der Waals surface area contributed by atoms with Crippen molar-refractivity contribution in [1.29, 1.82) is 0 Å². The number of hydrogen-bond donors (Lipinski definition) is 1. The summed E-state index contributed by atoms with van der Waals surface area (Å²) in [5, 5.41) is 0.548. The Labute approximate surface area is 186 Å². The molecule has 1 saturated carbocycles. The van der Waals surface area contributed by atoms with E-state index in [0.717, 1.165) is 29.5 Å². The third kappa shape index (κ3) is 3.10. The fourth-order valence-electron chi connectivity index (χ4n) is 5.19. The maximum absolute atomic E-state index is 13.7. The number of hydrogen-bond acceptors (Lipinski definition) is 6. The van der Waals surface area contributed by atoms with Crippen molar-refractivity contribution >= 4 is 23.5 Å². The van der Waals surface area contributed by atoms with E-state index < -0.39 is 5.54 Å². The number of halogens is 1. The van der Waals surface area contributed by atoms with E-state index in [1.54, 1.807) is 19.4 Å². The molecule has 1 spiro atoms. The van der Waals surface area contributed by atoms with Crippen LogP contribution < -0.4 is 10.5 Å². The zero-order valence-corrected chi connectivity index (χ0v) is 18.3. The van der Waals surface area contributed by atoms with E-state index in [4.69, 9.17) is 31.8 Å². The summed E-state index contributed by atoms with van der Waals surface area (Å²) < 4.78 is 12.3. The van der Waals surface area contributed by atoms with Crippen molar-refractivity contribution in [2.75, 3.05) is 13.7 Å². The first-order valence-electron chi connectivity index (χ1n) is 10.6. The summed E-state index contributed by atoms with van der Waals surface area (Å²) in [7, 11) is 1.67. The van der Waals surface area contributed by atoms with Gasteiger partial charge in [-0.1, -0.05) is 17.7 Å². The van der Waals surface area contributed by atoms with Crippen molar-refractivity contribution in [1.82, 2.24) is 9.88 Å². The highest BCUT2D eigenvalue weighted by molar-refractivity contribution is 6.30. The van der Waals surface area contributed by atoms with Crippen LogP contribution in [0.25, 0.3) is 11.1 Å². The average molecular weight is 441 g/mol. The monoisotopic (exact) mass is 440 g/mol. The molecule has 1 aromatic carbocycles. The predicted octanol–water partition coefficient (Wildman–Crippen LogP) is 3.35. The minimum Gasteiger partial charge on any atom is -0.490 e. The lowest BCUT2D eigenvalue weighted by molar-refractivity contribution is -0.139.